The summed E-state index contributed by atoms with van der Waals surface area (Å²) in [6.45, 7) is 0.730. The summed E-state index contributed by atoms with van der Waals surface area (Å²) in [7, 11) is 0. The molecule has 0 spiro atoms. The Bertz CT molecular complexity index is 1040. The summed E-state index contributed by atoms with van der Waals surface area (Å²) in [6, 6.07) is 13.0. The molecule has 4 rings (SSSR count). The van der Waals surface area contributed by atoms with Gasteiger partial charge in [-0.25, -0.2) is 0 Å². The van der Waals surface area contributed by atoms with Gasteiger partial charge in [-0.2, -0.15) is 0 Å². The number of benzene rings is 2. The average Bonchev–Trinajstić information content (AvgIpc) is 3.01. The summed E-state index contributed by atoms with van der Waals surface area (Å²) < 4.78 is 7.55. The third-order valence-corrected chi connectivity index (χ3v) is 4.95. The molecule has 0 unspecified atom stereocenters. The summed E-state index contributed by atoms with van der Waals surface area (Å²) >= 11 is 0. The molecule has 3 aromatic rings. The lowest BCUT2D eigenvalue weighted by molar-refractivity contribution is -0.384. The molecule has 30 heavy (non-hydrogen) atoms. The van der Waals surface area contributed by atoms with Crippen LogP contribution in [0.4, 0.5) is 11.4 Å². The number of anilines is 1. The summed E-state index contributed by atoms with van der Waals surface area (Å²) in [4.78, 5) is 22.3. The highest BCUT2D eigenvalue weighted by molar-refractivity contribution is 5.92. The zero-order valence-electron chi connectivity index (χ0n) is 16.3. The number of non-ortho nitro benzene ring substituents is 1. The molecule has 1 aromatic heterocycles. The van der Waals surface area contributed by atoms with Gasteiger partial charge in [0.15, 0.2) is 12.4 Å². The Labute approximate surface area is 172 Å². The van der Waals surface area contributed by atoms with Crippen LogP contribution >= 0.6 is 0 Å². The van der Waals surface area contributed by atoms with Crippen molar-refractivity contribution >= 4 is 17.3 Å². The molecule has 2 heterocycles. The molecule has 0 bridgehead atoms. The number of amides is 1. The number of carbonyl (C=O) groups is 1. The van der Waals surface area contributed by atoms with Gasteiger partial charge in [0.05, 0.1) is 4.92 Å². The van der Waals surface area contributed by atoms with E-state index in [1.807, 2.05) is 24.3 Å². The van der Waals surface area contributed by atoms with Gasteiger partial charge in [-0.1, -0.05) is 6.42 Å². The van der Waals surface area contributed by atoms with Gasteiger partial charge in [-0.3, -0.25) is 14.9 Å². The molecule has 0 saturated heterocycles. The molecule has 9 heteroatoms. The summed E-state index contributed by atoms with van der Waals surface area (Å²) in [5.74, 6) is 1.95. The number of aryl methyl sites for hydroxylation is 1. The van der Waals surface area contributed by atoms with E-state index < -0.39 is 4.92 Å². The van der Waals surface area contributed by atoms with Crippen molar-refractivity contribution in [1.29, 1.82) is 0 Å². The van der Waals surface area contributed by atoms with Crippen LogP contribution in [0.2, 0.25) is 0 Å². The SMILES string of the molecule is O=C(COc1ccc([N+](=O)[O-])cc1)Nc1ccc(-c2nnc3n2CCCCC3)cc1. The van der Waals surface area contributed by atoms with Crippen molar-refractivity contribution < 1.29 is 14.5 Å². The third-order valence-electron chi connectivity index (χ3n) is 4.95. The number of ether oxygens (including phenoxy) is 1. The highest BCUT2D eigenvalue weighted by Crippen LogP contribution is 2.24. The minimum Gasteiger partial charge on any atom is -0.484 e. The van der Waals surface area contributed by atoms with E-state index in [0.29, 0.717) is 11.4 Å². The molecule has 9 nitrogen and oxygen atoms in total. The smallest absolute Gasteiger partial charge is 0.269 e. The summed E-state index contributed by atoms with van der Waals surface area (Å²) in [5, 5.41) is 22.1. The lowest BCUT2D eigenvalue weighted by Gasteiger charge is -2.09. The van der Waals surface area contributed by atoms with Crippen LogP contribution in [0.15, 0.2) is 48.5 Å². The largest absolute Gasteiger partial charge is 0.484 e. The topological polar surface area (TPSA) is 112 Å². The molecule has 1 N–H and O–H groups in total. The number of hydrogen-bond acceptors (Lipinski definition) is 6. The number of hydrogen-bond donors (Lipinski definition) is 1. The van der Waals surface area contributed by atoms with Gasteiger partial charge in [0.25, 0.3) is 11.6 Å². The molecule has 0 atom stereocenters. The second-order valence-electron chi connectivity index (χ2n) is 7.07. The lowest BCUT2D eigenvalue weighted by atomic mass is 10.2. The molecular formula is C21H21N5O4. The first-order chi connectivity index (χ1) is 14.6. The molecule has 1 amide bonds. The average molecular weight is 407 g/mol. The Morgan fingerprint density at radius 2 is 1.83 bits per heavy atom. The zero-order chi connectivity index (χ0) is 20.9. The normalized spacial score (nSPS) is 13.2. The number of nitro groups is 1. The lowest BCUT2D eigenvalue weighted by Crippen LogP contribution is -2.20. The Kier molecular flexibility index (Phi) is 5.69. The zero-order valence-corrected chi connectivity index (χ0v) is 16.3. The predicted molar refractivity (Wildman–Crippen MR) is 110 cm³/mol. The first-order valence-electron chi connectivity index (χ1n) is 9.80. The second-order valence-corrected chi connectivity index (χ2v) is 7.07. The van der Waals surface area contributed by atoms with Gasteiger partial charge >= 0.3 is 0 Å². The van der Waals surface area contributed by atoms with Crippen LogP contribution in [-0.4, -0.2) is 32.2 Å². The van der Waals surface area contributed by atoms with E-state index in [1.165, 1.54) is 30.7 Å². The number of nitrogens with zero attached hydrogens (tertiary/aromatic N) is 4. The maximum absolute atomic E-state index is 12.1. The molecule has 0 aliphatic carbocycles. The minimum absolute atomic E-state index is 0.0311. The van der Waals surface area contributed by atoms with Crippen LogP contribution in [-0.2, 0) is 17.8 Å². The van der Waals surface area contributed by atoms with E-state index in [9.17, 15) is 14.9 Å². The Balaban J connectivity index is 1.35. The van der Waals surface area contributed by atoms with Gasteiger partial charge in [-0.05, 0) is 49.2 Å². The number of rotatable bonds is 6. The van der Waals surface area contributed by atoms with E-state index in [-0.39, 0.29) is 18.2 Å². The van der Waals surface area contributed by atoms with Crippen molar-refractivity contribution in [2.45, 2.75) is 32.2 Å². The molecule has 0 radical (unpaired) electrons. The number of carbonyl (C=O) groups excluding carboxylic acids is 1. The number of nitrogens with one attached hydrogen (secondary N) is 1. The van der Waals surface area contributed by atoms with Crippen LogP contribution in [0, 0.1) is 10.1 Å². The van der Waals surface area contributed by atoms with Crippen LogP contribution in [0.1, 0.15) is 25.1 Å². The highest BCUT2D eigenvalue weighted by atomic mass is 16.6. The standard InChI is InChI=1S/C21H21N5O4/c27-20(14-30-18-11-9-17(10-12-18)26(28)29)22-16-7-5-15(6-8-16)21-24-23-19-4-2-1-3-13-25(19)21/h5-12H,1-4,13-14H2,(H,22,27). The Hall–Kier alpha value is -3.75. The Morgan fingerprint density at radius 3 is 2.57 bits per heavy atom. The first-order valence-corrected chi connectivity index (χ1v) is 9.80. The van der Waals surface area contributed by atoms with Gasteiger partial charge in [0.1, 0.15) is 11.6 Å². The fraction of sp³-hybridized carbons (Fsp3) is 0.286. The summed E-state index contributed by atoms with van der Waals surface area (Å²) in [6.07, 6.45) is 4.43. The number of fused-ring (bicyclic) bond motifs is 1. The molecule has 0 fully saturated rings. The van der Waals surface area contributed by atoms with Crippen molar-refractivity contribution in [2.24, 2.45) is 0 Å². The van der Waals surface area contributed by atoms with Crippen molar-refractivity contribution in [3.63, 3.8) is 0 Å². The van der Waals surface area contributed by atoms with E-state index in [4.69, 9.17) is 4.74 Å². The van der Waals surface area contributed by atoms with Gasteiger partial charge < -0.3 is 14.6 Å². The number of nitro benzene ring substituents is 1. The second kappa shape index (κ2) is 8.73. The van der Waals surface area contributed by atoms with Crippen molar-refractivity contribution in [1.82, 2.24) is 14.8 Å². The predicted octanol–water partition coefficient (Wildman–Crippen LogP) is 3.60. The Morgan fingerprint density at radius 1 is 1.07 bits per heavy atom. The maximum Gasteiger partial charge on any atom is 0.269 e. The highest BCUT2D eigenvalue weighted by Gasteiger charge is 2.16. The molecule has 154 valence electrons. The molecule has 1 aliphatic rings. The fourth-order valence-electron chi connectivity index (χ4n) is 3.41. The first kappa shape index (κ1) is 19.6. The van der Waals surface area contributed by atoms with Crippen LogP contribution < -0.4 is 10.1 Å². The number of aromatic nitrogens is 3. The molecule has 1 aliphatic heterocycles. The molecule has 2 aromatic carbocycles. The minimum atomic E-state index is -0.489. The van der Waals surface area contributed by atoms with Crippen LogP contribution in [0.3, 0.4) is 0 Å². The van der Waals surface area contributed by atoms with Crippen LogP contribution in [0.5, 0.6) is 5.75 Å². The summed E-state index contributed by atoms with van der Waals surface area (Å²) in [5.41, 5.74) is 1.57. The van der Waals surface area contributed by atoms with E-state index in [0.717, 1.165) is 43.0 Å². The van der Waals surface area contributed by atoms with E-state index >= 15 is 0 Å². The molecule has 0 saturated carbocycles. The van der Waals surface area contributed by atoms with Gasteiger partial charge in [0, 0.05) is 36.3 Å². The van der Waals surface area contributed by atoms with E-state index in [2.05, 4.69) is 20.1 Å². The van der Waals surface area contributed by atoms with Crippen molar-refractivity contribution in [3.8, 4) is 17.1 Å². The quantitative estimate of drug-likeness (QED) is 0.494. The van der Waals surface area contributed by atoms with Crippen LogP contribution in [0.25, 0.3) is 11.4 Å². The fourth-order valence-corrected chi connectivity index (χ4v) is 3.41. The van der Waals surface area contributed by atoms with Crippen molar-refractivity contribution in [3.05, 3.63) is 64.5 Å². The van der Waals surface area contributed by atoms with Gasteiger partial charge in [0.2, 0.25) is 0 Å². The van der Waals surface area contributed by atoms with Gasteiger partial charge in [-0.15, -0.1) is 10.2 Å². The third kappa shape index (κ3) is 4.45. The monoisotopic (exact) mass is 407 g/mol. The van der Waals surface area contributed by atoms with E-state index in [1.54, 1.807) is 0 Å². The van der Waals surface area contributed by atoms with Crippen molar-refractivity contribution in [2.75, 3.05) is 11.9 Å². The maximum atomic E-state index is 12.1. The molecular weight excluding hydrogens is 386 g/mol.